The molecule has 1 saturated heterocycles. The average molecular weight is 255 g/mol. The average Bonchev–Trinajstić information content (AvgIpc) is 2.60. The quantitative estimate of drug-likeness (QED) is 0.821. The van der Waals surface area contributed by atoms with E-state index >= 15 is 0 Å². The normalized spacial score (nSPS) is 25.5. The van der Waals surface area contributed by atoms with Crippen LogP contribution in [0.3, 0.4) is 0 Å². The summed E-state index contributed by atoms with van der Waals surface area (Å²) < 4.78 is 0. The number of amides is 1. The topological polar surface area (TPSA) is 57.6 Å². The van der Waals surface area contributed by atoms with Crippen molar-refractivity contribution in [3.8, 4) is 0 Å². The molecule has 4 nitrogen and oxygen atoms in total. The Balaban J connectivity index is 2.64. The Morgan fingerprint density at radius 2 is 1.94 bits per heavy atom. The van der Waals surface area contributed by atoms with Gasteiger partial charge in [0.25, 0.3) is 0 Å². The Hall–Kier alpha value is -1.06. The largest absolute Gasteiger partial charge is 0.480 e. The molecule has 4 heteroatoms. The number of carboxylic acid groups (broad SMARTS) is 1. The molecule has 0 saturated carbocycles. The van der Waals surface area contributed by atoms with E-state index in [1.165, 1.54) is 0 Å². The fraction of sp³-hybridized carbons (Fsp3) is 0.857. The van der Waals surface area contributed by atoms with E-state index < -0.39 is 11.5 Å². The molecular weight excluding hydrogens is 230 g/mol. The summed E-state index contributed by atoms with van der Waals surface area (Å²) in [7, 11) is 0. The first-order valence-corrected chi connectivity index (χ1v) is 6.81. The third-order valence-corrected chi connectivity index (χ3v) is 3.80. The first-order chi connectivity index (χ1) is 8.27. The minimum Gasteiger partial charge on any atom is -0.480 e. The van der Waals surface area contributed by atoms with Gasteiger partial charge < -0.3 is 10.0 Å². The summed E-state index contributed by atoms with van der Waals surface area (Å²) in [6.45, 7) is 8.58. The predicted molar refractivity (Wildman–Crippen MR) is 70.2 cm³/mol. The highest BCUT2D eigenvalue weighted by atomic mass is 16.4. The first-order valence-electron chi connectivity index (χ1n) is 6.81. The van der Waals surface area contributed by atoms with Gasteiger partial charge in [-0.25, -0.2) is 4.79 Å². The van der Waals surface area contributed by atoms with Gasteiger partial charge in [-0.1, -0.05) is 20.8 Å². The van der Waals surface area contributed by atoms with Gasteiger partial charge in [0.2, 0.25) is 5.91 Å². The highest BCUT2D eigenvalue weighted by Crippen LogP contribution is 2.31. The van der Waals surface area contributed by atoms with Crippen molar-refractivity contribution in [1.82, 2.24) is 4.90 Å². The predicted octanol–water partition coefficient (Wildman–Crippen LogP) is 2.52. The number of rotatable bonds is 5. The molecule has 1 N–H and O–H groups in total. The van der Waals surface area contributed by atoms with Crippen LogP contribution in [0.1, 0.15) is 53.4 Å². The van der Waals surface area contributed by atoms with Gasteiger partial charge in [-0.2, -0.15) is 0 Å². The van der Waals surface area contributed by atoms with Crippen LogP contribution in [0, 0.1) is 11.8 Å². The molecule has 2 unspecified atom stereocenters. The third-order valence-electron chi connectivity index (χ3n) is 3.80. The molecule has 2 atom stereocenters. The lowest BCUT2D eigenvalue weighted by Crippen LogP contribution is -2.51. The lowest BCUT2D eigenvalue weighted by atomic mass is 9.94. The number of hydrogen-bond donors (Lipinski definition) is 1. The van der Waals surface area contributed by atoms with Crippen LogP contribution in [0.4, 0.5) is 0 Å². The van der Waals surface area contributed by atoms with Crippen molar-refractivity contribution < 1.29 is 14.7 Å². The number of carbonyl (C=O) groups excluding carboxylic acids is 1. The van der Waals surface area contributed by atoms with Gasteiger partial charge in [0, 0.05) is 13.0 Å². The second kappa shape index (κ2) is 5.72. The summed E-state index contributed by atoms with van der Waals surface area (Å²) in [6.07, 6.45) is 2.81. The number of aliphatic carboxylic acids is 1. The maximum atomic E-state index is 12.2. The van der Waals surface area contributed by atoms with Crippen molar-refractivity contribution in [3.05, 3.63) is 0 Å². The molecular formula is C14H25NO3. The second-order valence-electron chi connectivity index (χ2n) is 6.17. The van der Waals surface area contributed by atoms with E-state index in [0.29, 0.717) is 31.2 Å². The SMILES string of the molecule is CC(C)CC(C)CC(=O)N1CCCC1(C)C(=O)O. The first kappa shape index (κ1) is 15.0. The van der Waals surface area contributed by atoms with Gasteiger partial charge >= 0.3 is 5.97 Å². The van der Waals surface area contributed by atoms with Crippen LogP contribution in [0.15, 0.2) is 0 Å². The molecule has 0 aromatic heterocycles. The van der Waals surface area contributed by atoms with E-state index in [-0.39, 0.29) is 5.91 Å². The van der Waals surface area contributed by atoms with Crippen molar-refractivity contribution in [3.63, 3.8) is 0 Å². The summed E-state index contributed by atoms with van der Waals surface area (Å²) in [6, 6.07) is 0. The van der Waals surface area contributed by atoms with Gasteiger partial charge in [0.05, 0.1) is 0 Å². The number of carbonyl (C=O) groups is 2. The molecule has 104 valence electrons. The monoisotopic (exact) mass is 255 g/mol. The molecule has 1 fully saturated rings. The zero-order valence-corrected chi connectivity index (χ0v) is 11.9. The van der Waals surface area contributed by atoms with Crippen molar-refractivity contribution in [2.24, 2.45) is 11.8 Å². The molecule has 1 rings (SSSR count). The second-order valence-corrected chi connectivity index (χ2v) is 6.17. The molecule has 1 heterocycles. The lowest BCUT2D eigenvalue weighted by Gasteiger charge is -2.32. The third kappa shape index (κ3) is 3.24. The van der Waals surface area contributed by atoms with Crippen LogP contribution in [-0.2, 0) is 9.59 Å². The van der Waals surface area contributed by atoms with E-state index in [9.17, 15) is 14.7 Å². The fourth-order valence-corrected chi connectivity index (χ4v) is 2.88. The van der Waals surface area contributed by atoms with Crippen LogP contribution in [-0.4, -0.2) is 34.0 Å². The molecule has 0 aromatic rings. The van der Waals surface area contributed by atoms with Crippen LogP contribution in [0.2, 0.25) is 0 Å². The fourth-order valence-electron chi connectivity index (χ4n) is 2.88. The summed E-state index contributed by atoms with van der Waals surface area (Å²) in [5.74, 6) is -0.0104. The lowest BCUT2D eigenvalue weighted by molar-refractivity contribution is -0.155. The number of hydrogen-bond acceptors (Lipinski definition) is 2. The Kier molecular flexibility index (Phi) is 4.77. The minimum atomic E-state index is -0.991. The van der Waals surface area contributed by atoms with Gasteiger partial charge in [0.1, 0.15) is 5.54 Å². The summed E-state index contributed by atoms with van der Waals surface area (Å²) >= 11 is 0. The van der Waals surface area contributed by atoms with Crippen LogP contribution >= 0.6 is 0 Å². The number of likely N-dealkylation sites (tertiary alicyclic amines) is 1. The Morgan fingerprint density at radius 1 is 1.33 bits per heavy atom. The summed E-state index contributed by atoms with van der Waals surface area (Å²) in [5.41, 5.74) is -0.991. The molecule has 0 aromatic carbocycles. The van der Waals surface area contributed by atoms with Crippen LogP contribution < -0.4 is 0 Å². The van der Waals surface area contributed by atoms with Gasteiger partial charge in [-0.15, -0.1) is 0 Å². The molecule has 0 aliphatic carbocycles. The van der Waals surface area contributed by atoms with Crippen molar-refractivity contribution in [2.45, 2.75) is 58.9 Å². The van der Waals surface area contributed by atoms with Crippen LogP contribution in [0.5, 0.6) is 0 Å². The van der Waals surface area contributed by atoms with E-state index in [0.717, 1.165) is 12.8 Å². The van der Waals surface area contributed by atoms with Gasteiger partial charge in [0.15, 0.2) is 0 Å². The zero-order valence-electron chi connectivity index (χ0n) is 11.9. The molecule has 0 radical (unpaired) electrons. The molecule has 1 aliphatic rings. The maximum absolute atomic E-state index is 12.2. The zero-order chi connectivity index (χ0) is 13.9. The smallest absolute Gasteiger partial charge is 0.329 e. The molecule has 1 aliphatic heterocycles. The highest BCUT2D eigenvalue weighted by molar-refractivity contribution is 5.87. The maximum Gasteiger partial charge on any atom is 0.329 e. The Morgan fingerprint density at radius 3 is 2.44 bits per heavy atom. The number of nitrogens with zero attached hydrogens (tertiary/aromatic N) is 1. The molecule has 0 bridgehead atoms. The van der Waals surface area contributed by atoms with E-state index in [4.69, 9.17) is 0 Å². The standard InChI is InChI=1S/C14H25NO3/c1-10(2)8-11(3)9-12(16)15-7-5-6-14(15,4)13(17)18/h10-11H,5-9H2,1-4H3,(H,17,18). The molecule has 0 spiro atoms. The highest BCUT2D eigenvalue weighted by Gasteiger charge is 2.45. The van der Waals surface area contributed by atoms with Crippen molar-refractivity contribution in [1.29, 1.82) is 0 Å². The summed E-state index contributed by atoms with van der Waals surface area (Å²) in [5, 5.41) is 9.28. The molecule has 18 heavy (non-hydrogen) atoms. The van der Waals surface area contributed by atoms with E-state index in [2.05, 4.69) is 20.8 Å². The van der Waals surface area contributed by atoms with Gasteiger partial charge in [-0.05, 0) is 38.0 Å². The van der Waals surface area contributed by atoms with Crippen molar-refractivity contribution in [2.75, 3.05) is 6.54 Å². The van der Waals surface area contributed by atoms with Crippen molar-refractivity contribution >= 4 is 11.9 Å². The molecule has 1 amide bonds. The van der Waals surface area contributed by atoms with E-state index in [1.807, 2.05) is 0 Å². The minimum absolute atomic E-state index is 0.00875. The summed E-state index contributed by atoms with van der Waals surface area (Å²) in [4.78, 5) is 25.1. The van der Waals surface area contributed by atoms with Gasteiger partial charge in [-0.3, -0.25) is 4.79 Å². The van der Waals surface area contributed by atoms with Crippen LogP contribution in [0.25, 0.3) is 0 Å². The Labute approximate surface area is 109 Å². The number of carboxylic acids is 1. The van der Waals surface area contributed by atoms with E-state index in [1.54, 1.807) is 11.8 Å². The Bertz CT molecular complexity index is 327.